The molecule has 0 aromatic rings. The minimum atomic E-state index is -5.34. The van der Waals surface area contributed by atoms with Gasteiger partial charge in [-0.3, -0.25) is 4.79 Å². The second kappa shape index (κ2) is 6.06. The number of rotatable bonds is 5. The molecule has 1 rings (SSSR count). The van der Waals surface area contributed by atoms with Gasteiger partial charge in [0.25, 0.3) is 10.1 Å². The van der Waals surface area contributed by atoms with Crippen molar-refractivity contribution in [2.75, 3.05) is 0 Å². The third-order valence-corrected chi connectivity index (χ3v) is 3.70. The van der Waals surface area contributed by atoms with Crippen LogP contribution >= 0.6 is 34.8 Å². The molecule has 110 valence electrons. The lowest BCUT2D eigenvalue weighted by atomic mass is 9.83. The standard InChI is InChI=1S/C10H10Cl3F3O3/c11-6(4-5-2-1-3-5)19-8(18)9(12,13)7(17)10(14,15)16/h5-6H,1-4H2. The van der Waals surface area contributed by atoms with Crippen LogP contribution < -0.4 is 0 Å². The van der Waals surface area contributed by atoms with E-state index in [9.17, 15) is 22.8 Å². The van der Waals surface area contributed by atoms with Gasteiger partial charge in [-0.1, -0.05) is 54.1 Å². The summed E-state index contributed by atoms with van der Waals surface area (Å²) < 4.78 is 37.6. The Labute approximate surface area is 122 Å². The van der Waals surface area contributed by atoms with Crippen LogP contribution in [-0.4, -0.2) is 27.8 Å². The van der Waals surface area contributed by atoms with Crippen LogP contribution in [0.15, 0.2) is 0 Å². The predicted octanol–water partition coefficient (Wildman–Crippen LogP) is 3.59. The van der Waals surface area contributed by atoms with Crippen LogP contribution in [0.3, 0.4) is 0 Å². The molecule has 9 heteroatoms. The Hall–Kier alpha value is -0.200. The highest BCUT2D eigenvalue weighted by molar-refractivity contribution is 6.67. The van der Waals surface area contributed by atoms with Gasteiger partial charge in [0.1, 0.15) is 0 Å². The molecule has 0 bridgehead atoms. The molecule has 0 heterocycles. The van der Waals surface area contributed by atoms with Crippen LogP contribution in [0.5, 0.6) is 0 Å². The van der Waals surface area contributed by atoms with E-state index in [0.29, 0.717) is 0 Å². The van der Waals surface area contributed by atoms with Crippen LogP contribution in [-0.2, 0) is 14.3 Å². The molecule has 19 heavy (non-hydrogen) atoms. The van der Waals surface area contributed by atoms with Crippen LogP contribution in [0.4, 0.5) is 13.2 Å². The molecule has 1 saturated carbocycles. The summed E-state index contributed by atoms with van der Waals surface area (Å²) in [4.78, 5) is 22.2. The summed E-state index contributed by atoms with van der Waals surface area (Å²) in [5.41, 5.74) is -1.16. The lowest BCUT2D eigenvalue weighted by molar-refractivity contribution is -0.176. The van der Waals surface area contributed by atoms with Gasteiger partial charge >= 0.3 is 12.1 Å². The molecule has 3 nitrogen and oxygen atoms in total. The number of Topliss-reactive ketones (excluding diaryl/α,β-unsaturated/α-hetero) is 1. The third-order valence-electron chi connectivity index (χ3n) is 2.78. The van der Waals surface area contributed by atoms with Gasteiger partial charge in [0.05, 0.1) is 0 Å². The van der Waals surface area contributed by atoms with E-state index in [1.54, 1.807) is 0 Å². The van der Waals surface area contributed by atoms with Gasteiger partial charge in [-0.2, -0.15) is 13.2 Å². The van der Waals surface area contributed by atoms with E-state index in [4.69, 9.17) is 34.8 Å². The van der Waals surface area contributed by atoms with E-state index in [2.05, 4.69) is 4.74 Å². The molecule has 0 radical (unpaired) electrons. The summed E-state index contributed by atoms with van der Waals surface area (Å²) in [6.45, 7) is 0. The van der Waals surface area contributed by atoms with E-state index in [1.165, 1.54) is 0 Å². The normalized spacial score (nSPS) is 18.6. The fourth-order valence-electron chi connectivity index (χ4n) is 1.50. The number of halogens is 6. The van der Waals surface area contributed by atoms with E-state index < -0.39 is 27.8 Å². The van der Waals surface area contributed by atoms with Gasteiger partial charge in [-0.25, -0.2) is 4.79 Å². The molecular formula is C10H10Cl3F3O3. The van der Waals surface area contributed by atoms with Crippen molar-refractivity contribution in [3.8, 4) is 0 Å². The number of alkyl halides is 6. The molecular weight excluding hydrogens is 331 g/mol. The Morgan fingerprint density at radius 2 is 1.79 bits per heavy atom. The largest absolute Gasteiger partial charge is 0.453 e. The van der Waals surface area contributed by atoms with E-state index >= 15 is 0 Å². The summed E-state index contributed by atoms with van der Waals surface area (Å²) in [6.07, 6.45) is -2.19. The van der Waals surface area contributed by atoms with E-state index in [0.717, 1.165) is 19.3 Å². The lowest BCUT2D eigenvalue weighted by Gasteiger charge is -2.28. The number of ether oxygens (including phenoxy) is 1. The average molecular weight is 342 g/mol. The number of ketones is 1. The summed E-state index contributed by atoms with van der Waals surface area (Å²) in [5.74, 6) is -4.05. The number of carbonyl (C=O) groups is 2. The molecule has 0 amide bonds. The molecule has 1 aliphatic carbocycles. The molecule has 0 saturated heterocycles. The number of esters is 1. The van der Waals surface area contributed by atoms with Crippen molar-refractivity contribution >= 4 is 46.6 Å². The first-order valence-electron chi connectivity index (χ1n) is 5.39. The summed E-state index contributed by atoms with van der Waals surface area (Å²) >= 11 is 15.9. The van der Waals surface area contributed by atoms with Gasteiger partial charge < -0.3 is 4.74 Å². The molecule has 1 aliphatic rings. The first kappa shape index (κ1) is 16.9. The fourth-order valence-corrected chi connectivity index (χ4v) is 2.14. The van der Waals surface area contributed by atoms with Crippen molar-refractivity contribution < 1.29 is 27.5 Å². The van der Waals surface area contributed by atoms with Crippen LogP contribution in [0.1, 0.15) is 25.7 Å². The van der Waals surface area contributed by atoms with Crippen LogP contribution in [0, 0.1) is 5.92 Å². The fraction of sp³-hybridized carbons (Fsp3) is 0.800. The van der Waals surface area contributed by atoms with Gasteiger partial charge in [-0.15, -0.1) is 0 Å². The zero-order valence-electron chi connectivity index (χ0n) is 9.48. The topological polar surface area (TPSA) is 43.4 Å². The summed E-state index contributed by atoms with van der Waals surface area (Å²) in [7, 11) is 0. The highest BCUT2D eigenvalue weighted by atomic mass is 35.5. The second-order valence-corrected chi connectivity index (χ2v) is 6.06. The number of carbonyl (C=O) groups excluding carboxylic acids is 2. The van der Waals surface area contributed by atoms with Crippen molar-refractivity contribution in [3.05, 3.63) is 0 Å². The smallest absolute Gasteiger partial charge is 0.443 e. The predicted molar refractivity (Wildman–Crippen MR) is 63.2 cm³/mol. The van der Waals surface area contributed by atoms with E-state index in [1.807, 2.05) is 0 Å². The zero-order valence-corrected chi connectivity index (χ0v) is 11.7. The lowest BCUT2D eigenvalue weighted by Crippen LogP contribution is -2.46. The quantitative estimate of drug-likeness (QED) is 0.436. The summed E-state index contributed by atoms with van der Waals surface area (Å²) in [6, 6.07) is 0. The molecule has 0 N–H and O–H groups in total. The average Bonchev–Trinajstić information content (AvgIpc) is 2.21. The van der Waals surface area contributed by atoms with Gasteiger partial charge in [-0.05, 0) is 5.92 Å². The molecule has 1 atom stereocenters. The first-order valence-corrected chi connectivity index (χ1v) is 6.59. The van der Waals surface area contributed by atoms with Crippen LogP contribution in [0.2, 0.25) is 0 Å². The Balaban J connectivity index is 2.57. The van der Waals surface area contributed by atoms with Crippen molar-refractivity contribution in [2.24, 2.45) is 5.92 Å². The number of hydrogen-bond donors (Lipinski definition) is 0. The molecule has 0 aromatic carbocycles. The third kappa shape index (κ3) is 4.39. The monoisotopic (exact) mass is 340 g/mol. The number of hydrogen-bond acceptors (Lipinski definition) is 3. The van der Waals surface area contributed by atoms with Crippen molar-refractivity contribution in [2.45, 2.75) is 41.8 Å². The van der Waals surface area contributed by atoms with Crippen molar-refractivity contribution in [3.63, 3.8) is 0 Å². The van der Waals surface area contributed by atoms with E-state index in [-0.39, 0.29) is 12.3 Å². The highest BCUT2D eigenvalue weighted by Crippen LogP contribution is 2.35. The Morgan fingerprint density at radius 3 is 2.16 bits per heavy atom. The maximum atomic E-state index is 12.2. The van der Waals surface area contributed by atoms with Gasteiger partial charge in [0, 0.05) is 6.42 Å². The zero-order chi connectivity index (χ0) is 14.8. The first-order chi connectivity index (χ1) is 8.55. The minimum absolute atomic E-state index is 0.258. The van der Waals surface area contributed by atoms with Crippen molar-refractivity contribution in [1.82, 2.24) is 0 Å². The molecule has 0 aromatic heterocycles. The highest BCUT2D eigenvalue weighted by Gasteiger charge is 2.57. The molecule has 1 unspecified atom stereocenters. The molecule has 0 spiro atoms. The summed E-state index contributed by atoms with van der Waals surface area (Å²) in [5, 5.41) is 0. The SMILES string of the molecule is O=C(OC(Cl)CC1CCC1)C(Cl)(Cl)C(=O)C(F)(F)F. The molecule has 0 aliphatic heterocycles. The second-order valence-electron chi connectivity index (χ2n) is 4.25. The Bertz CT molecular complexity index is 367. The maximum Gasteiger partial charge on any atom is 0.453 e. The Kier molecular flexibility index (Phi) is 5.37. The minimum Gasteiger partial charge on any atom is -0.443 e. The molecule has 1 fully saturated rings. The van der Waals surface area contributed by atoms with Gasteiger partial charge in [0.2, 0.25) is 0 Å². The maximum absolute atomic E-state index is 12.2. The van der Waals surface area contributed by atoms with Crippen LogP contribution in [0.25, 0.3) is 0 Å². The Morgan fingerprint density at radius 1 is 1.26 bits per heavy atom. The van der Waals surface area contributed by atoms with Crippen molar-refractivity contribution in [1.29, 1.82) is 0 Å². The van der Waals surface area contributed by atoms with Gasteiger partial charge in [0.15, 0.2) is 5.56 Å².